The number of fused-ring (bicyclic) bond motifs is 2. The van der Waals surface area contributed by atoms with Crippen molar-refractivity contribution in [3.8, 4) is 11.5 Å². The lowest BCUT2D eigenvalue weighted by molar-refractivity contribution is 0.135. The van der Waals surface area contributed by atoms with Crippen LogP contribution in [0, 0.1) is 29.1 Å². The molecule has 23 heteroatoms. The molecule has 4 aliphatic rings. The maximum Gasteiger partial charge on any atom is 0.414 e. The van der Waals surface area contributed by atoms with E-state index in [-0.39, 0.29) is 63.2 Å². The summed E-state index contributed by atoms with van der Waals surface area (Å²) in [6.07, 6.45) is -0.0257. The van der Waals surface area contributed by atoms with Crippen molar-refractivity contribution in [2.75, 3.05) is 50.2 Å². The van der Waals surface area contributed by atoms with Crippen molar-refractivity contribution in [2.45, 2.75) is 60.8 Å². The van der Waals surface area contributed by atoms with Crippen LogP contribution in [-0.4, -0.2) is 90.1 Å². The van der Waals surface area contributed by atoms with Crippen molar-refractivity contribution < 1.29 is 67.3 Å². The van der Waals surface area contributed by atoms with Gasteiger partial charge in [-0.05, 0) is 74.2 Å². The fourth-order valence-corrected chi connectivity index (χ4v) is 11.3. The average molecular weight is 964 g/mol. The second-order valence-electron chi connectivity index (χ2n) is 14.6. The van der Waals surface area contributed by atoms with Crippen molar-refractivity contribution in [1.29, 1.82) is 0 Å². The number of ether oxygens (including phenoxy) is 4. The number of piperidine rings is 2. The van der Waals surface area contributed by atoms with Gasteiger partial charge < -0.3 is 18.9 Å². The van der Waals surface area contributed by atoms with Crippen LogP contribution in [0.15, 0.2) is 64.4 Å². The van der Waals surface area contributed by atoms with Gasteiger partial charge in [-0.25, -0.2) is 48.4 Å². The van der Waals surface area contributed by atoms with Crippen LogP contribution in [0.2, 0.25) is 10.0 Å². The number of benzene rings is 4. The van der Waals surface area contributed by atoms with Gasteiger partial charge in [0, 0.05) is 65.5 Å². The molecule has 4 aliphatic heterocycles. The molecule has 14 nitrogen and oxygen atoms in total. The molecule has 63 heavy (non-hydrogen) atoms. The van der Waals surface area contributed by atoms with Crippen LogP contribution < -0.4 is 19.3 Å². The standard InChI is InChI=1S/C21H23ClN2O6S.C19H14ClF5N2O4S/c1-28-19-6-4-17(12-20(19)29-2)31(26,27)23-9-7-16(8-10-23)24-18-5-3-15(22)11-14(18)13-30-21(24)25;20-10-1-2-12-9(7-10)8-31-19(28)27(12)11-3-5-26(6-4-11)32(29,30)18-16(24)14(22)13(21)15(23)17(18)25/h3-6,11-12,16H,7-10,13H2,1-2H3;1-2,7,11H,3-6,8H2. The minimum atomic E-state index is -5.03. The van der Waals surface area contributed by atoms with E-state index in [1.54, 1.807) is 41.3 Å². The lowest BCUT2D eigenvalue weighted by Gasteiger charge is -2.39. The van der Waals surface area contributed by atoms with Gasteiger partial charge in [-0.1, -0.05) is 23.2 Å². The Morgan fingerprint density at radius 1 is 0.571 bits per heavy atom. The number of anilines is 2. The first-order valence-corrected chi connectivity index (χ1v) is 22.7. The third kappa shape index (κ3) is 8.82. The maximum absolute atomic E-state index is 14.1. The first-order valence-electron chi connectivity index (χ1n) is 19.1. The minimum absolute atomic E-state index is 0.0126. The SMILES string of the molecule is COc1ccc(S(=O)(=O)N2CCC(N3C(=O)OCc4cc(Cl)ccc43)CC2)cc1OC.O=C1OCc2cc(Cl)ccc2N1C1CCN(S(=O)(=O)c2c(F)c(F)c(F)c(F)c2F)CC1. The number of cyclic esters (lactones) is 2. The molecule has 0 N–H and O–H groups in total. The molecule has 0 unspecified atom stereocenters. The van der Waals surface area contributed by atoms with Crippen molar-refractivity contribution in [1.82, 2.24) is 8.61 Å². The quantitative estimate of drug-likeness (QED) is 0.0965. The number of sulfonamides is 2. The number of hydrogen-bond acceptors (Lipinski definition) is 10. The molecule has 0 radical (unpaired) electrons. The molecule has 0 saturated carbocycles. The second-order valence-corrected chi connectivity index (χ2v) is 19.3. The monoisotopic (exact) mass is 962 g/mol. The number of nitrogens with zero attached hydrogens (tertiary/aromatic N) is 4. The average Bonchev–Trinajstić information content (AvgIpc) is 3.27. The molecule has 2 saturated heterocycles. The van der Waals surface area contributed by atoms with Crippen LogP contribution in [-0.2, 0) is 42.7 Å². The van der Waals surface area contributed by atoms with Gasteiger partial charge >= 0.3 is 12.2 Å². The second kappa shape index (κ2) is 18.3. The number of amides is 2. The van der Waals surface area contributed by atoms with Crippen LogP contribution in [0.25, 0.3) is 0 Å². The molecule has 4 aromatic carbocycles. The smallest absolute Gasteiger partial charge is 0.414 e. The molecule has 2 fully saturated rings. The largest absolute Gasteiger partial charge is 0.493 e. The van der Waals surface area contributed by atoms with E-state index < -0.39 is 72.3 Å². The third-order valence-corrected chi connectivity index (χ3v) is 15.3. The topological polar surface area (TPSA) is 152 Å². The summed E-state index contributed by atoms with van der Waals surface area (Å²) in [6.45, 7) is 0.122. The Balaban J connectivity index is 0.000000189. The molecule has 0 atom stereocenters. The van der Waals surface area contributed by atoms with Crippen LogP contribution in [0.5, 0.6) is 11.5 Å². The van der Waals surface area contributed by atoms with E-state index >= 15 is 0 Å². The van der Waals surface area contributed by atoms with E-state index in [0.717, 1.165) is 11.3 Å². The van der Waals surface area contributed by atoms with Gasteiger partial charge in [-0.15, -0.1) is 0 Å². The summed E-state index contributed by atoms with van der Waals surface area (Å²) in [5.41, 5.74) is 2.79. The normalized spacial score (nSPS) is 17.9. The highest BCUT2D eigenvalue weighted by molar-refractivity contribution is 7.89. The van der Waals surface area contributed by atoms with Gasteiger partial charge in [0.1, 0.15) is 13.2 Å². The third-order valence-electron chi connectivity index (χ3n) is 11.0. The van der Waals surface area contributed by atoms with Gasteiger partial charge in [0.05, 0.1) is 30.5 Å². The lowest BCUT2D eigenvalue weighted by atomic mass is 10.0. The van der Waals surface area contributed by atoms with Crippen LogP contribution in [0.4, 0.5) is 42.9 Å². The fourth-order valence-electron chi connectivity index (χ4n) is 7.86. The molecule has 0 bridgehead atoms. The van der Waals surface area contributed by atoms with E-state index in [0.29, 0.717) is 49.9 Å². The van der Waals surface area contributed by atoms with E-state index in [1.165, 1.54) is 35.6 Å². The Bertz CT molecular complexity index is 2660. The van der Waals surface area contributed by atoms with Crippen molar-refractivity contribution in [3.05, 3.63) is 105 Å². The number of carbonyl (C=O) groups is 2. The summed E-state index contributed by atoms with van der Waals surface area (Å²) >= 11 is 12.0. The van der Waals surface area contributed by atoms with Gasteiger partial charge in [0.25, 0.3) is 0 Å². The molecule has 338 valence electrons. The van der Waals surface area contributed by atoms with Crippen LogP contribution in [0.1, 0.15) is 36.8 Å². The summed E-state index contributed by atoms with van der Waals surface area (Å²) in [5, 5.41) is 1.01. The zero-order chi connectivity index (χ0) is 45.5. The summed E-state index contributed by atoms with van der Waals surface area (Å²) in [6, 6.07) is 14.0. The summed E-state index contributed by atoms with van der Waals surface area (Å²) < 4.78 is 143. The van der Waals surface area contributed by atoms with Gasteiger partial charge in [-0.3, -0.25) is 9.80 Å². The van der Waals surface area contributed by atoms with Crippen molar-refractivity contribution >= 4 is 66.8 Å². The van der Waals surface area contributed by atoms with E-state index in [4.69, 9.17) is 42.1 Å². The summed E-state index contributed by atoms with van der Waals surface area (Å²) in [7, 11) is -5.79. The molecular weight excluding hydrogens is 926 g/mol. The Kier molecular flexibility index (Phi) is 13.4. The highest BCUT2D eigenvalue weighted by atomic mass is 35.5. The number of methoxy groups -OCH3 is 2. The van der Waals surface area contributed by atoms with Crippen LogP contribution >= 0.6 is 23.2 Å². The lowest BCUT2D eigenvalue weighted by Crippen LogP contribution is -2.50. The Labute approximate surface area is 368 Å². The first-order chi connectivity index (χ1) is 29.9. The summed E-state index contributed by atoms with van der Waals surface area (Å²) in [5.74, 6) is -11.2. The minimum Gasteiger partial charge on any atom is -0.493 e. The highest BCUT2D eigenvalue weighted by Crippen LogP contribution is 2.38. The number of carbonyl (C=O) groups excluding carboxylic acids is 2. The van der Waals surface area contributed by atoms with Gasteiger partial charge in [-0.2, -0.15) is 8.61 Å². The Morgan fingerprint density at radius 3 is 1.41 bits per heavy atom. The van der Waals surface area contributed by atoms with Crippen molar-refractivity contribution in [2.24, 2.45) is 0 Å². The molecule has 0 aromatic heterocycles. The molecule has 8 rings (SSSR count). The molecule has 2 amide bonds. The van der Waals surface area contributed by atoms with Crippen molar-refractivity contribution in [3.63, 3.8) is 0 Å². The number of halogens is 7. The van der Waals surface area contributed by atoms with E-state index in [1.807, 2.05) is 6.07 Å². The predicted molar refractivity (Wildman–Crippen MR) is 218 cm³/mol. The summed E-state index contributed by atoms with van der Waals surface area (Å²) in [4.78, 5) is 26.1. The first kappa shape index (κ1) is 46.1. The molecule has 4 heterocycles. The molecule has 0 spiro atoms. The highest BCUT2D eigenvalue weighted by Gasteiger charge is 2.42. The molecule has 4 aromatic rings. The zero-order valence-corrected chi connectivity index (χ0v) is 36.4. The number of rotatable bonds is 8. The Morgan fingerprint density at radius 2 is 0.984 bits per heavy atom. The van der Waals surface area contributed by atoms with E-state index in [2.05, 4.69) is 0 Å². The van der Waals surface area contributed by atoms with Crippen LogP contribution in [0.3, 0.4) is 0 Å². The zero-order valence-electron chi connectivity index (χ0n) is 33.3. The predicted octanol–water partition coefficient (Wildman–Crippen LogP) is 8.01. The maximum atomic E-state index is 14.1. The van der Waals surface area contributed by atoms with E-state index in [9.17, 15) is 48.4 Å². The fraction of sp³-hybridized carbons (Fsp3) is 0.350. The Hall–Kier alpha value is -4.93. The molecular formula is C40H37Cl2F5N4O10S2. The molecule has 0 aliphatic carbocycles. The number of hydrogen-bond donors (Lipinski definition) is 0. The van der Waals surface area contributed by atoms with Gasteiger partial charge in [0.2, 0.25) is 25.9 Å². The van der Waals surface area contributed by atoms with Gasteiger partial charge in [0.15, 0.2) is 39.7 Å².